The highest BCUT2D eigenvalue weighted by atomic mass is 79.9. The summed E-state index contributed by atoms with van der Waals surface area (Å²) >= 11 is 4.41. The van der Waals surface area contributed by atoms with Crippen molar-refractivity contribution in [1.82, 2.24) is 24.7 Å². The monoisotopic (exact) mass is 428 g/mol. The van der Waals surface area contributed by atoms with Gasteiger partial charge in [-0.1, -0.05) is 0 Å². The van der Waals surface area contributed by atoms with Crippen molar-refractivity contribution in [3.05, 3.63) is 46.5 Å². The largest absolute Gasteiger partial charge is 0.367 e. The van der Waals surface area contributed by atoms with Gasteiger partial charge in [0.25, 0.3) is 0 Å². The fourth-order valence-electron chi connectivity index (χ4n) is 1.84. The van der Waals surface area contributed by atoms with Gasteiger partial charge in [0.2, 0.25) is 10.0 Å². The lowest BCUT2D eigenvalue weighted by molar-refractivity contribution is 0.585. The van der Waals surface area contributed by atoms with E-state index in [0.717, 1.165) is 15.1 Å². The maximum atomic E-state index is 12.0. The molecule has 0 amide bonds. The second-order valence-corrected chi connectivity index (χ2v) is 9.07. The number of hydrogen-bond donors (Lipinski definition) is 2. The summed E-state index contributed by atoms with van der Waals surface area (Å²) in [5.74, 6) is 1.17. The number of halogens is 1. The average molecular weight is 429 g/mol. The van der Waals surface area contributed by atoms with Crippen molar-refractivity contribution in [3.63, 3.8) is 0 Å². The molecule has 8 nitrogen and oxygen atoms in total. The van der Waals surface area contributed by atoms with Gasteiger partial charge in [0, 0.05) is 25.5 Å². The number of anilines is 1. The van der Waals surface area contributed by atoms with Crippen LogP contribution in [0.15, 0.2) is 50.7 Å². The fraction of sp³-hybridized carbons (Fsp3) is 0.154. The number of sulfonamides is 1. The minimum atomic E-state index is -3.48. The first-order valence-corrected chi connectivity index (χ1v) is 9.96. The molecular formula is C13H13BrN6O2S2. The van der Waals surface area contributed by atoms with Crippen molar-refractivity contribution in [2.24, 2.45) is 0 Å². The molecule has 3 heterocycles. The number of hydrogen-bond acceptors (Lipinski definition) is 7. The summed E-state index contributed by atoms with van der Waals surface area (Å²) in [7, 11) is -3.48. The molecule has 0 atom stereocenters. The standard InChI is InChI=1S/C13H13BrN6O2S2/c14-10-2-5-13(23-10)24(21,22)17-8-7-15-11-3-4-12(19-18-11)20-9-1-6-16-20/h1-6,9,17H,7-8H2,(H,15,18). The normalized spacial score (nSPS) is 11.5. The maximum Gasteiger partial charge on any atom is 0.250 e. The predicted molar refractivity (Wildman–Crippen MR) is 94.9 cm³/mol. The quantitative estimate of drug-likeness (QED) is 0.556. The molecule has 3 aromatic rings. The van der Waals surface area contributed by atoms with Crippen LogP contribution in [-0.4, -0.2) is 41.5 Å². The van der Waals surface area contributed by atoms with Crippen LogP contribution >= 0.6 is 27.3 Å². The third-order valence-electron chi connectivity index (χ3n) is 2.93. The summed E-state index contributed by atoms with van der Waals surface area (Å²) in [6.07, 6.45) is 3.43. The van der Waals surface area contributed by atoms with Crippen molar-refractivity contribution in [2.75, 3.05) is 18.4 Å². The number of nitrogens with zero attached hydrogens (tertiary/aromatic N) is 4. The van der Waals surface area contributed by atoms with Crippen LogP contribution in [0.4, 0.5) is 5.82 Å². The molecule has 0 spiro atoms. The SMILES string of the molecule is O=S(=O)(NCCNc1ccc(-n2cccn2)nn1)c1ccc(Br)s1. The van der Waals surface area contributed by atoms with Gasteiger partial charge in [0.15, 0.2) is 5.82 Å². The van der Waals surface area contributed by atoms with E-state index in [1.54, 1.807) is 47.4 Å². The van der Waals surface area contributed by atoms with E-state index >= 15 is 0 Å². The Morgan fingerprint density at radius 1 is 1.17 bits per heavy atom. The van der Waals surface area contributed by atoms with Gasteiger partial charge < -0.3 is 5.32 Å². The van der Waals surface area contributed by atoms with Crippen LogP contribution in [-0.2, 0) is 10.0 Å². The van der Waals surface area contributed by atoms with Gasteiger partial charge in [-0.25, -0.2) is 17.8 Å². The van der Waals surface area contributed by atoms with Crippen LogP contribution in [0, 0.1) is 0 Å². The lowest BCUT2D eigenvalue weighted by Crippen LogP contribution is -2.28. The molecule has 0 radical (unpaired) electrons. The van der Waals surface area contributed by atoms with E-state index in [2.05, 4.69) is 41.3 Å². The van der Waals surface area contributed by atoms with Gasteiger partial charge in [-0.3, -0.25) is 0 Å². The Bertz CT molecular complexity index is 893. The van der Waals surface area contributed by atoms with Crippen molar-refractivity contribution < 1.29 is 8.42 Å². The summed E-state index contributed by atoms with van der Waals surface area (Å²) in [6, 6.07) is 8.59. The van der Waals surface area contributed by atoms with Gasteiger partial charge >= 0.3 is 0 Å². The van der Waals surface area contributed by atoms with E-state index in [0.29, 0.717) is 18.2 Å². The Morgan fingerprint density at radius 3 is 2.67 bits per heavy atom. The number of thiophene rings is 1. The fourth-order valence-corrected chi connectivity index (χ4v) is 4.92. The van der Waals surface area contributed by atoms with Crippen LogP contribution in [0.3, 0.4) is 0 Å². The van der Waals surface area contributed by atoms with Crippen LogP contribution in [0.25, 0.3) is 5.82 Å². The van der Waals surface area contributed by atoms with Gasteiger partial charge in [-0.2, -0.15) is 5.10 Å². The zero-order valence-electron chi connectivity index (χ0n) is 12.3. The molecule has 3 aromatic heterocycles. The van der Waals surface area contributed by atoms with E-state index in [9.17, 15) is 8.42 Å². The van der Waals surface area contributed by atoms with E-state index in [-0.39, 0.29) is 10.8 Å². The molecular weight excluding hydrogens is 416 g/mol. The molecule has 0 saturated heterocycles. The molecule has 24 heavy (non-hydrogen) atoms. The van der Waals surface area contributed by atoms with Gasteiger partial charge in [0.05, 0.1) is 3.79 Å². The first-order chi connectivity index (χ1) is 11.5. The molecule has 0 aliphatic carbocycles. The minimum absolute atomic E-state index is 0.237. The summed E-state index contributed by atoms with van der Waals surface area (Å²) in [6.45, 7) is 0.627. The summed E-state index contributed by atoms with van der Waals surface area (Å²) in [5.41, 5.74) is 0. The zero-order valence-corrected chi connectivity index (χ0v) is 15.5. The molecule has 0 saturated carbocycles. The second kappa shape index (κ2) is 7.38. The molecule has 3 rings (SSSR count). The lowest BCUT2D eigenvalue weighted by Gasteiger charge is -2.07. The van der Waals surface area contributed by atoms with Crippen LogP contribution in [0.2, 0.25) is 0 Å². The molecule has 2 N–H and O–H groups in total. The van der Waals surface area contributed by atoms with Crippen LogP contribution in [0.1, 0.15) is 0 Å². The maximum absolute atomic E-state index is 12.0. The number of nitrogens with one attached hydrogen (secondary N) is 2. The minimum Gasteiger partial charge on any atom is -0.367 e. The number of rotatable bonds is 7. The van der Waals surface area contributed by atoms with Crippen molar-refractivity contribution >= 4 is 43.1 Å². The topological polar surface area (TPSA) is 102 Å². The molecule has 0 fully saturated rings. The Labute approximate surface area is 151 Å². The van der Waals surface area contributed by atoms with Crippen molar-refractivity contribution in [1.29, 1.82) is 0 Å². The lowest BCUT2D eigenvalue weighted by atomic mass is 10.5. The van der Waals surface area contributed by atoms with E-state index in [1.807, 2.05) is 0 Å². The van der Waals surface area contributed by atoms with Gasteiger partial charge in [-0.15, -0.1) is 21.5 Å². The Hall–Kier alpha value is -1.82. The first kappa shape index (κ1) is 17.0. The molecule has 0 bridgehead atoms. The number of aromatic nitrogens is 4. The molecule has 11 heteroatoms. The Kier molecular flexibility index (Phi) is 5.23. The molecule has 0 unspecified atom stereocenters. The van der Waals surface area contributed by atoms with Gasteiger partial charge in [0.1, 0.15) is 10.0 Å². The molecule has 0 aliphatic heterocycles. The van der Waals surface area contributed by atoms with E-state index in [4.69, 9.17) is 0 Å². The highest BCUT2D eigenvalue weighted by Crippen LogP contribution is 2.25. The zero-order chi connectivity index (χ0) is 17.0. The molecule has 0 aliphatic rings. The van der Waals surface area contributed by atoms with Crippen molar-refractivity contribution in [2.45, 2.75) is 4.21 Å². The summed E-state index contributed by atoms with van der Waals surface area (Å²) < 4.78 is 29.3. The summed E-state index contributed by atoms with van der Waals surface area (Å²) in [4.78, 5) is 0. The van der Waals surface area contributed by atoms with E-state index in [1.165, 1.54) is 0 Å². The van der Waals surface area contributed by atoms with Crippen molar-refractivity contribution in [3.8, 4) is 5.82 Å². The molecule has 0 aromatic carbocycles. The average Bonchev–Trinajstić information content (AvgIpc) is 3.24. The van der Waals surface area contributed by atoms with Gasteiger partial charge in [-0.05, 0) is 46.3 Å². The molecule has 126 valence electrons. The highest BCUT2D eigenvalue weighted by molar-refractivity contribution is 9.11. The third kappa shape index (κ3) is 4.17. The summed E-state index contributed by atoms with van der Waals surface area (Å²) in [5, 5.41) is 15.1. The second-order valence-electron chi connectivity index (χ2n) is 4.61. The predicted octanol–water partition coefficient (Wildman–Crippen LogP) is 1.88. The Morgan fingerprint density at radius 2 is 2.04 bits per heavy atom. The first-order valence-electron chi connectivity index (χ1n) is 6.87. The van der Waals surface area contributed by atoms with E-state index < -0.39 is 10.0 Å². The highest BCUT2D eigenvalue weighted by Gasteiger charge is 2.15. The van der Waals surface area contributed by atoms with Crippen LogP contribution < -0.4 is 10.0 Å². The van der Waals surface area contributed by atoms with Crippen LogP contribution in [0.5, 0.6) is 0 Å². The Balaban J connectivity index is 1.50. The third-order valence-corrected chi connectivity index (χ3v) is 6.50. The smallest absolute Gasteiger partial charge is 0.250 e.